The van der Waals surface area contributed by atoms with Crippen molar-refractivity contribution in [2.75, 3.05) is 13.2 Å². The molecule has 0 saturated carbocycles. The van der Waals surface area contributed by atoms with Gasteiger partial charge in [0.2, 0.25) is 0 Å². The molecular formula is C16H23F5NO5P. The fourth-order valence-corrected chi connectivity index (χ4v) is 2.57. The van der Waals surface area contributed by atoms with Crippen molar-refractivity contribution in [2.45, 2.75) is 50.2 Å². The molecule has 0 radical (unpaired) electrons. The predicted octanol–water partition coefficient (Wildman–Crippen LogP) is 3.80. The van der Waals surface area contributed by atoms with Gasteiger partial charge >= 0.3 is 19.9 Å². The van der Waals surface area contributed by atoms with Gasteiger partial charge in [-0.1, -0.05) is 12.1 Å². The third-order valence-electron chi connectivity index (χ3n) is 3.79. The van der Waals surface area contributed by atoms with E-state index in [0.717, 1.165) is 5.56 Å². The predicted molar refractivity (Wildman–Crippen MR) is 91.1 cm³/mol. The number of rotatable bonds is 11. The summed E-state index contributed by atoms with van der Waals surface area (Å²) in [5, 5.41) is 0. The molecule has 6 nitrogen and oxygen atoms in total. The van der Waals surface area contributed by atoms with Crippen molar-refractivity contribution in [1.82, 2.24) is 0 Å². The third kappa shape index (κ3) is 9.29. The van der Waals surface area contributed by atoms with Gasteiger partial charge in [-0.15, -0.1) is 0 Å². The smallest absolute Gasteiger partial charge is 0.469 e. The van der Waals surface area contributed by atoms with Crippen LogP contribution in [0.15, 0.2) is 24.3 Å². The van der Waals surface area contributed by atoms with E-state index in [1.807, 2.05) is 0 Å². The van der Waals surface area contributed by atoms with Gasteiger partial charge in [0.1, 0.15) is 5.75 Å². The summed E-state index contributed by atoms with van der Waals surface area (Å²) in [5.74, 6) is -4.42. The molecule has 28 heavy (non-hydrogen) atoms. The average molecular weight is 435 g/mol. The van der Waals surface area contributed by atoms with E-state index in [1.165, 1.54) is 12.1 Å². The average Bonchev–Trinajstić information content (AvgIpc) is 2.55. The Kier molecular flexibility index (Phi) is 8.40. The van der Waals surface area contributed by atoms with Crippen molar-refractivity contribution < 1.29 is 45.6 Å². The monoisotopic (exact) mass is 435 g/mol. The van der Waals surface area contributed by atoms with Crippen LogP contribution in [0.5, 0.6) is 5.75 Å². The van der Waals surface area contributed by atoms with Crippen LogP contribution < -0.4 is 10.5 Å². The molecule has 0 bridgehead atoms. The van der Waals surface area contributed by atoms with Gasteiger partial charge in [-0.05, 0) is 43.9 Å². The number of phosphoric ester groups is 1. The highest BCUT2D eigenvalue weighted by Crippen LogP contribution is 2.39. The van der Waals surface area contributed by atoms with E-state index < -0.39 is 38.3 Å². The Morgan fingerprint density at radius 3 is 2.14 bits per heavy atom. The Morgan fingerprint density at radius 2 is 1.64 bits per heavy atom. The zero-order valence-electron chi connectivity index (χ0n) is 15.1. The summed E-state index contributed by atoms with van der Waals surface area (Å²) in [6, 6.07) is 6.41. The van der Waals surface area contributed by atoms with Gasteiger partial charge in [-0.2, -0.15) is 22.0 Å². The molecule has 0 fully saturated rings. The summed E-state index contributed by atoms with van der Waals surface area (Å²) in [7, 11) is -4.60. The molecule has 0 aliphatic heterocycles. The van der Waals surface area contributed by atoms with Crippen molar-refractivity contribution in [3.63, 3.8) is 0 Å². The van der Waals surface area contributed by atoms with E-state index in [-0.39, 0.29) is 13.2 Å². The van der Waals surface area contributed by atoms with Crippen molar-refractivity contribution in [1.29, 1.82) is 0 Å². The van der Waals surface area contributed by atoms with Crippen LogP contribution in [-0.2, 0) is 15.5 Å². The molecule has 0 unspecified atom stereocenters. The van der Waals surface area contributed by atoms with Gasteiger partial charge in [0.15, 0.2) is 0 Å². The number of phosphoric acid groups is 1. The third-order valence-corrected chi connectivity index (χ3v) is 4.25. The second-order valence-electron chi connectivity index (χ2n) is 6.72. The highest BCUT2D eigenvalue weighted by molar-refractivity contribution is 7.46. The molecule has 1 rings (SSSR count). The first-order valence-electron chi connectivity index (χ1n) is 8.27. The van der Waals surface area contributed by atoms with Crippen LogP contribution in [0, 0.1) is 0 Å². The van der Waals surface area contributed by atoms with Gasteiger partial charge in [-0.3, -0.25) is 4.52 Å². The molecule has 0 aromatic heterocycles. The number of ether oxygens (including phenoxy) is 1. The van der Waals surface area contributed by atoms with Crippen LogP contribution in [0.1, 0.15) is 31.7 Å². The van der Waals surface area contributed by atoms with Gasteiger partial charge < -0.3 is 20.3 Å². The van der Waals surface area contributed by atoms with Crippen LogP contribution in [0.2, 0.25) is 0 Å². The zero-order valence-corrected chi connectivity index (χ0v) is 16.0. The Hall–Kier alpha value is -1.26. The Labute approximate surface area is 159 Å². The molecule has 0 aliphatic rings. The van der Waals surface area contributed by atoms with Crippen molar-refractivity contribution in [3.05, 3.63) is 29.8 Å². The number of hydrogen-bond acceptors (Lipinski definition) is 4. The van der Waals surface area contributed by atoms with Gasteiger partial charge in [0, 0.05) is 12.0 Å². The second kappa shape index (κ2) is 9.49. The van der Waals surface area contributed by atoms with Crippen LogP contribution in [0.25, 0.3) is 0 Å². The van der Waals surface area contributed by atoms with E-state index in [0.29, 0.717) is 18.6 Å². The SMILES string of the molecule is C[C@@](N)(CCc1ccc(OCCCC(F)(F)C(F)(F)F)cc1)COP(=O)(O)O. The molecule has 1 aromatic carbocycles. The molecule has 1 atom stereocenters. The first-order chi connectivity index (χ1) is 12.6. The number of hydrogen-bond donors (Lipinski definition) is 3. The van der Waals surface area contributed by atoms with Crippen molar-refractivity contribution in [2.24, 2.45) is 5.73 Å². The highest BCUT2D eigenvalue weighted by Gasteiger charge is 2.56. The maximum absolute atomic E-state index is 12.8. The molecule has 0 amide bonds. The first-order valence-corrected chi connectivity index (χ1v) is 9.80. The van der Waals surface area contributed by atoms with E-state index >= 15 is 0 Å². The summed E-state index contributed by atoms with van der Waals surface area (Å²) in [5.41, 5.74) is 5.76. The van der Waals surface area contributed by atoms with E-state index in [4.69, 9.17) is 20.3 Å². The minimum absolute atomic E-state index is 0.286. The van der Waals surface area contributed by atoms with Gasteiger partial charge in [0.05, 0.1) is 13.2 Å². The van der Waals surface area contributed by atoms with Crippen molar-refractivity contribution >= 4 is 7.82 Å². The lowest BCUT2D eigenvalue weighted by Crippen LogP contribution is -2.41. The molecule has 162 valence electrons. The Bertz CT molecular complexity index is 660. The van der Waals surface area contributed by atoms with Gasteiger partial charge in [-0.25, -0.2) is 4.57 Å². The lowest BCUT2D eigenvalue weighted by Gasteiger charge is -2.24. The zero-order chi connectivity index (χ0) is 21.6. The number of halogens is 5. The largest absolute Gasteiger partial charge is 0.494 e. The molecule has 1 aromatic rings. The molecule has 0 spiro atoms. The second-order valence-corrected chi connectivity index (χ2v) is 7.96. The molecule has 12 heteroatoms. The number of nitrogens with two attached hydrogens (primary N) is 1. The minimum atomic E-state index is -5.57. The summed E-state index contributed by atoms with van der Waals surface area (Å²) >= 11 is 0. The van der Waals surface area contributed by atoms with E-state index in [1.54, 1.807) is 19.1 Å². The number of benzene rings is 1. The van der Waals surface area contributed by atoms with Crippen LogP contribution in [-0.4, -0.2) is 40.6 Å². The maximum atomic E-state index is 12.8. The van der Waals surface area contributed by atoms with E-state index in [2.05, 4.69) is 4.52 Å². The van der Waals surface area contributed by atoms with E-state index in [9.17, 15) is 26.5 Å². The Balaban J connectivity index is 2.40. The fraction of sp³-hybridized carbons (Fsp3) is 0.625. The van der Waals surface area contributed by atoms with Gasteiger partial charge in [0.25, 0.3) is 0 Å². The first kappa shape index (κ1) is 24.8. The molecule has 4 N–H and O–H groups in total. The minimum Gasteiger partial charge on any atom is -0.494 e. The van der Waals surface area contributed by atoms with Crippen LogP contribution >= 0.6 is 7.82 Å². The molecule has 0 saturated heterocycles. The number of aryl methyl sites for hydroxylation is 1. The highest BCUT2D eigenvalue weighted by atomic mass is 31.2. The summed E-state index contributed by atoms with van der Waals surface area (Å²) < 4.78 is 81.9. The fourth-order valence-electron chi connectivity index (χ4n) is 2.11. The Morgan fingerprint density at radius 1 is 1.07 bits per heavy atom. The van der Waals surface area contributed by atoms with Crippen LogP contribution in [0.3, 0.4) is 0 Å². The summed E-state index contributed by atoms with van der Waals surface area (Å²) in [4.78, 5) is 17.4. The molecular weight excluding hydrogens is 412 g/mol. The topological polar surface area (TPSA) is 102 Å². The number of alkyl halides is 5. The van der Waals surface area contributed by atoms with Crippen LogP contribution in [0.4, 0.5) is 22.0 Å². The summed E-state index contributed by atoms with van der Waals surface area (Å²) in [6.07, 6.45) is -6.54. The standard InChI is InChI=1S/C16H23F5NO5P/c1-14(22,11-27-28(23,24)25)9-7-12-3-5-13(6-4-12)26-10-2-8-15(17,18)16(19,20)21/h3-6H,2,7-11,22H2,1H3,(H2,23,24,25)/t14-/m1/s1. The molecule has 0 aliphatic carbocycles. The maximum Gasteiger partial charge on any atom is 0.469 e. The lowest BCUT2D eigenvalue weighted by molar-refractivity contribution is -0.284. The molecule has 0 heterocycles. The van der Waals surface area contributed by atoms with Crippen molar-refractivity contribution in [3.8, 4) is 5.75 Å². The lowest BCUT2D eigenvalue weighted by atomic mass is 9.95. The normalized spacial score (nSPS) is 15.3. The summed E-state index contributed by atoms with van der Waals surface area (Å²) in [6.45, 7) is 0.962. The quantitative estimate of drug-likeness (QED) is 0.278.